The Morgan fingerprint density at radius 2 is 2.16 bits per heavy atom. The molecular formula is C22H26ClN3O4S2. The molecular weight excluding hydrogens is 470 g/mol. The first-order valence-corrected chi connectivity index (χ1v) is 12.6. The zero-order valence-electron chi connectivity index (χ0n) is 18.1. The van der Waals surface area contributed by atoms with Crippen LogP contribution in [-0.4, -0.2) is 68.1 Å². The van der Waals surface area contributed by atoms with Gasteiger partial charge in [-0.2, -0.15) is 0 Å². The van der Waals surface area contributed by atoms with Crippen LogP contribution in [0, 0.1) is 0 Å². The van der Waals surface area contributed by atoms with Gasteiger partial charge in [-0.05, 0) is 36.6 Å². The van der Waals surface area contributed by atoms with Crippen LogP contribution in [0.1, 0.15) is 23.4 Å². The van der Waals surface area contributed by atoms with Gasteiger partial charge in [-0.3, -0.25) is 4.79 Å². The SMILES string of the molecule is COCCCSc1cnc(CC(=O)N2CC3(CCN(C(=O)OC)C3)c3cc(Cl)ccc32)s1. The lowest BCUT2D eigenvalue weighted by Gasteiger charge is -2.25. The Kier molecular flexibility index (Phi) is 7.29. The molecule has 7 nitrogen and oxygen atoms in total. The Bertz CT molecular complexity index is 1000. The molecule has 0 radical (unpaired) electrons. The Morgan fingerprint density at radius 1 is 1.31 bits per heavy atom. The fourth-order valence-corrected chi connectivity index (χ4v) is 6.59. The molecule has 1 fully saturated rings. The van der Waals surface area contributed by atoms with Gasteiger partial charge in [0.05, 0.1) is 23.9 Å². The van der Waals surface area contributed by atoms with Gasteiger partial charge >= 0.3 is 6.09 Å². The first-order valence-electron chi connectivity index (χ1n) is 10.5. The number of nitrogens with zero attached hydrogens (tertiary/aromatic N) is 3. The number of likely N-dealkylation sites (tertiary alicyclic amines) is 1. The molecule has 0 N–H and O–H groups in total. The van der Waals surface area contributed by atoms with E-state index in [4.69, 9.17) is 21.1 Å². The third kappa shape index (κ3) is 4.76. The predicted octanol–water partition coefficient (Wildman–Crippen LogP) is 4.22. The average Bonchev–Trinajstić information content (AvgIpc) is 3.49. The van der Waals surface area contributed by atoms with Gasteiger partial charge in [0.1, 0.15) is 5.01 Å². The molecule has 172 valence electrons. The van der Waals surface area contributed by atoms with Crippen molar-refractivity contribution in [1.82, 2.24) is 9.88 Å². The monoisotopic (exact) mass is 495 g/mol. The topological polar surface area (TPSA) is 72.0 Å². The van der Waals surface area contributed by atoms with Crippen molar-refractivity contribution in [2.45, 2.75) is 28.9 Å². The number of rotatable bonds is 7. The third-order valence-electron chi connectivity index (χ3n) is 5.94. The van der Waals surface area contributed by atoms with E-state index in [1.807, 2.05) is 29.3 Å². The number of halogens is 1. The van der Waals surface area contributed by atoms with E-state index in [9.17, 15) is 9.59 Å². The molecule has 32 heavy (non-hydrogen) atoms. The number of ether oxygens (including phenoxy) is 2. The largest absolute Gasteiger partial charge is 0.453 e. The van der Waals surface area contributed by atoms with Crippen LogP contribution in [0.3, 0.4) is 0 Å². The fraction of sp³-hybridized carbons (Fsp3) is 0.500. The molecule has 2 aliphatic heterocycles. The number of hydrogen-bond acceptors (Lipinski definition) is 7. The van der Waals surface area contributed by atoms with E-state index < -0.39 is 0 Å². The van der Waals surface area contributed by atoms with Crippen LogP contribution in [0.25, 0.3) is 0 Å². The molecule has 0 saturated carbocycles. The minimum absolute atomic E-state index is 0.00671. The second kappa shape index (κ2) is 9.99. The standard InChI is InChI=1S/C22H26ClN3O4S2/c1-29-8-3-9-31-20-12-24-18(32-20)11-19(27)26-14-22(6-7-25(13-22)21(28)30-2)16-10-15(23)4-5-17(16)26/h4-5,10,12H,3,6-9,11,13-14H2,1-2H3. The van der Waals surface area contributed by atoms with Crippen LogP contribution >= 0.6 is 34.7 Å². The number of thiazole rings is 1. The fourth-order valence-electron chi connectivity index (χ4n) is 4.41. The highest BCUT2D eigenvalue weighted by molar-refractivity contribution is 8.01. The lowest BCUT2D eigenvalue weighted by Crippen LogP contribution is -2.40. The van der Waals surface area contributed by atoms with Crippen LogP contribution in [0.5, 0.6) is 0 Å². The summed E-state index contributed by atoms with van der Waals surface area (Å²) in [5.74, 6) is 0.968. The van der Waals surface area contributed by atoms with E-state index >= 15 is 0 Å². The summed E-state index contributed by atoms with van der Waals surface area (Å²) in [6.07, 6.45) is 3.50. The van der Waals surface area contributed by atoms with Gasteiger partial charge in [0.25, 0.3) is 0 Å². The molecule has 1 spiro atoms. The number of amides is 2. The molecule has 1 aromatic carbocycles. The second-order valence-electron chi connectivity index (χ2n) is 8.01. The highest BCUT2D eigenvalue weighted by Crippen LogP contribution is 2.47. The molecule has 0 bridgehead atoms. The molecule has 0 aliphatic carbocycles. The van der Waals surface area contributed by atoms with Crippen LogP contribution in [0.2, 0.25) is 5.02 Å². The predicted molar refractivity (Wildman–Crippen MR) is 127 cm³/mol. The molecule has 2 aromatic rings. The van der Waals surface area contributed by atoms with Gasteiger partial charge in [-0.15, -0.1) is 23.1 Å². The highest BCUT2D eigenvalue weighted by atomic mass is 35.5. The molecule has 2 aliphatic rings. The van der Waals surface area contributed by atoms with E-state index in [0.717, 1.165) is 45.7 Å². The van der Waals surface area contributed by atoms with Crippen molar-refractivity contribution in [3.05, 3.63) is 40.0 Å². The average molecular weight is 496 g/mol. The van der Waals surface area contributed by atoms with Crippen molar-refractivity contribution in [1.29, 1.82) is 0 Å². The number of carbonyl (C=O) groups excluding carboxylic acids is 2. The summed E-state index contributed by atoms with van der Waals surface area (Å²) in [6.45, 7) is 2.37. The van der Waals surface area contributed by atoms with Crippen LogP contribution in [-0.2, 0) is 26.1 Å². The van der Waals surface area contributed by atoms with E-state index in [2.05, 4.69) is 4.98 Å². The van der Waals surface area contributed by atoms with Crippen molar-refractivity contribution >= 4 is 52.4 Å². The number of anilines is 1. The first kappa shape index (κ1) is 23.4. The normalized spacial score (nSPS) is 19.6. The van der Waals surface area contributed by atoms with Crippen molar-refractivity contribution in [3.63, 3.8) is 0 Å². The third-order valence-corrected chi connectivity index (χ3v) is 8.45. The molecule has 10 heteroatoms. The summed E-state index contributed by atoms with van der Waals surface area (Å²) in [4.78, 5) is 33.4. The Labute approximate surface area is 201 Å². The van der Waals surface area contributed by atoms with Gasteiger partial charge in [0.2, 0.25) is 5.91 Å². The first-order chi connectivity index (χ1) is 15.5. The van der Waals surface area contributed by atoms with Gasteiger partial charge in [0.15, 0.2) is 0 Å². The lowest BCUT2D eigenvalue weighted by atomic mass is 9.81. The Balaban J connectivity index is 1.48. The zero-order valence-corrected chi connectivity index (χ0v) is 20.5. The van der Waals surface area contributed by atoms with E-state index in [1.54, 1.807) is 35.1 Å². The summed E-state index contributed by atoms with van der Waals surface area (Å²) < 4.78 is 11.1. The minimum Gasteiger partial charge on any atom is -0.453 e. The van der Waals surface area contributed by atoms with Gasteiger partial charge in [0, 0.05) is 55.2 Å². The quantitative estimate of drug-likeness (QED) is 0.423. The molecule has 1 aromatic heterocycles. The van der Waals surface area contributed by atoms with Crippen molar-refractivity contribution in [3.8, 4) is 0 Å². The maximum Gasteiger partial charge on any atom is 0.409 e. The summed E-state index contributed by atoms with van der Waals surface area (Å²) >= 11 is 9.61. The van der Waals surface area contributed by atoms with Crippen LogP contribution in [0.15, 0.2) is 28.6 Å². The summed E-state index contributed by atoms with van der Waals surface area (Å²) in [5, 5.41) is 1.44. The Hall–Kier alpha value is -1.81. The number of thioether (sulfide) groups is 1. The van der Waals surface area contributed by atoms with Gasteiger partial charge in [-0.25, -0.2) is 9.78 Å². The van der Waals surface area contributed by atoms with E-state index in [1.165, 1.54) is 7.11 Å². The van der Waals surface area contributed by atoms with Crippen molar-refractivity contribution in [2.24, 2.45) is 0 Å². The maximum atomic E-state index is 13.3. The molecule has 2 amide bonds. The van der Waals surface area contributed by atoms with Crippen LogP contribution in [0.4, 0.5) is 10.5 Å². The van der Waals surface area contributed by atoms with Crippen molar-refractivity contribution in [2.75, 3.05) is 51.1 Å². The number of fused-ring (bicyclic) bond motifs is 2. The Morgan fingerprint density at radius 3 is 2.94 bits per heavy atom. The number of methoxy groups -OCH3 is 2. The molecule has 4 rings (SSSR count). The number of hydrogen-bond donors (Lipinski definition) is 0. The molecule has 3 heterocycles. The summed E-state index contributed by atoms with van der Waals surface area (Å²) in [7, 11) is 3.09. The zero-order chi connectivity index (χ0) is 22.7. The van der Waals surface area contributed by atoms with E-state index in [-0.39, 0.29) is 23.8 Å². The summed E-state index contributed by atoms with van der Waals surface area (Å²) in [5.41, 5.74) is 1.57. The van der Waals surface area contributed by atoms with Gasteiger partial charge in [-0.1, -0.05) is 11.6 Å². The molecule has 1 saturated heterocycles. The number of benzene rings is 1. The minimum atomic E-state index is -0.339. The number of aromatic nitrogens is 1. The summed E-state index contributed by atoms with van der Waals surface area (Å²) in [6, 6.07) is 5.65. The maximum absolute atomic E-state index is 13.3. The van der Waals surface area contributed by atoms with Crippen LogP contribution < -0.4 is 4.90 Å². The van der Waals surface area contributed by atoms with Gasteiger partial charge < -0.3 is 19.3 Å². The molecule has 1 atom stereocenters. The second-order valence-corrected chi connectivity index (χ2v) is 11.0. The highest BCUT2D eigenvalue weighted by Gasteiger charge is 2.50. The smallest absolute Gasteiger partial charge is 0.409 e. The van der Waals surface area contributed by atoms with E-state index in [0.29, 0.717) is 24.7 Å². The van der Waals surface area contributed by atoms with Crippen molar-refractivity contribution < 1.29 is 19.1 Å². The molecule has 1 unspecified atom stereocenters. The number of carbonyl (C=O) groups is 2. The lowest BCUT2D eigenvalue weighted by molar-refractivity contribution is -0.118.